The van der Waals surface area contributed by atoms with Crippen LogP contribution < -0.4 is 5.32 Å². The Bertz CT molecular complexity index is 187. The number of nitrogens with one attached hydrogen (secondary N) is 1. The summed E-state index contributed by atoms with van der Waals surface area (Å²) in [4.78, 5) is 2.62. The third-order valence-electron chi connectivity index (χ3n) is 3.70. The molecule has 1 fully saturated rings. The van der Waals surface area contributed by atoms with Gasteiger partial charge in [0.2, 0.25) is 0 Å². The topological polar surface area (TPSA) is 24.5 Å². The van der Waals surface area contributed by atoms with E-state index in [1.807, 2.05) is 6.92 Å². The first-order valence-electron chi connectivity index (χ1n) is 7.26. The summed E-state index contributed by atoms with van der Waals surface area (Å²) in [6.07, 6.45) is 3.86. The van der Waals surface area contributed by atoms with Crippen LogP contribution in [0, 0.1) is 5.92 Å². The van der Waals surface area contributed by atoms with Gasteiger partial charge in [-0.1, -0.05) is 6.92 Å². The molecular formula is C14H30N2O. The van der Waals surface area contributed by atoms with Gasteiger partial charge in [0, 0.05) is 32.3 Å². The molecule has 3 nitrogen and oxygen atoms in total. The van der Waals surface area contributed by atoms with Crippen molar-refractivity contribution in [3.05, 3.63) is 0 Å². The van der Waals surface area contributed by atoms with Crippen LogP contribution in [0.1, 0.15) is 40.0 Å². The predicted octanol–water partition coefficient (Wildman–Crippen LogP) is 2.12. The van der Waals surface area contributed by atoms with Gasteiger partial charge in [0.1, 0.15) is 0 Å². The van der Waals surface area contributed by atoms with E-state index in [-0.39, 0.29) is 0 Å². The van der Waals surface area contributed by atoms with E-state index in [9.17, 15) is 0 Å². The number of nitrogens with zero attached hydrogens (tertiary/aromatic N) is 1. The van der Waals surface area contributed by atoms with Crippen LogP contribution in [0.5, 0.6) is 0 Å². The fourth-order valence-corrected chi connectivity index (χ4v) is 2.58. The molecule has 0 spiro atoms. The first-order chi connectivity index (χ1) is 8.24. The Balaban J connectivity index is 1.95. The molecule has 2 atom stereocenters. The molecule has 0 amide bonds. The minimum Gasteiger partial charge on any atom is -0.382 e. The number of hydrogen-bond donors (Lipinski definition) is 1. The number of piperidine rings is 1. The Morgan fingerprint density at radius 1 is 1.29 bits per heavy atom. The minimum atomic E-state index is 0.768. The van der Waals surface area contributed by atoms with Crippen LogP contribution in [-0.4, -0.2) is 50.3 Å². The molecule has 102 valence electrons. The van der Waals surface area contributed by atoms with Crippen LogP contribution in [-0.2, 0) is 4.74 Å². The first-order valence-corrected chi connectivity index (χ1v) is 7.26. The lowest BCUT2D eigenvalue weighted by Crippen LogP contribution is -2.43. The van der Waals surface area contributed by atoms with Crippen molar-refractivity contribution in [1.29, 1.82) is 0 Å². The third-order valence-corrected chi connectivity index (χ3v) is 3.70. The van der Waals surface area contributed by atoms with E-state index in [2.05, 4.69) is 24.1 Å². The molecule has 1 rings (SSSR count). The molecule has 3 heteroatoms. The zero-order valence-electron chi connectivity index (χ0n) is 11.9. The summed E-state index contributed by atoms with van der Waals surface area (Å²) < 4.78 is 5.31. The Hall–Kier alpha value is -0.120. The molecular weight excluding hydrogens is 212 g/mol. The highest BCUT2D eigenvalue weighted by molar-refractivity contribution is 4.77. The summed E-state index contributed by atoms with van der Waals surface area (Å²) in [6, 6.07) is 0.768. The fourth-order valence-electron chi connectivity index (χ4n) is 2.58. The van der Waals surface area contributed by atoms with E-state index in [1.54, 1.807) is 0 Å². The highest BCUT2D eigenvalue weighted by Crippen LogP contribution is 2.21. The average Bonchev–Trinajstić information content (AvgIpc) is 2.30. The van der Waals surface area contributed by atoms with E-state index in [4.69, 9.17) is 4.74 Å². The van der Waals surface area contributed by atoms with Crippen molar-refractivity contribution in [3.63, 3.8) is 0 Å². The average molecular weight is 242 g/mol. The fraction of sp³-hybridized carbons (Fsp3) is 1.00. The molecule has 0 aliphatic carbocycles. The van der Waals surface area contributed by atoms with Crippen molar-refractivity contribution in [3.8, 4) is 0 Å². The van der Waals surface area contributed by atoms with Crippen molar-refractivity contribution in [1.82, 2.24) is 10.2 Å². The third kappa shape index (κ3) is 6.39. The molecule has 1 saturated heterocycles. The van der Waals surface area contributed by atoms with Crippen LogP contribution in [0.25, 0.3) is 0 Å². The van der Waals surface area contributed by atoms with Gasteiger partial charge in [-0.15, -0.1) is 0 Å². The van der Waals surface area contributed by atoms with Crippen LogP contribution in [0.3, 0.4) is 0 Å². The van der Waals surface area contributed by atoms with E-state index < -0.39 is 0 Å². The molecule has 2 unspecified atom stereocenters. The molecule has 0 aromatic heterocycles. The van der Waals surface area contributed by atoms with Crippen molar-refractivity contribution in [2.24, 2.45) is 5.92 Å². The van der Waals surface area contributed by atoms with E-state index in [0.717, 1.165) is 44.7 Å². The summed E-state index contributed by atoms with van der Waals surface area (Å²) >= 11 is 0. The van der Waals surface area contributed by atoms with Crippen LogP contribution in [0.15, 0.2) is 0 Å². The van der Waals surface area contributed by atoms with Crippen molar-refractivity contribution < 1.29 is 4.74 Å². The smallest absolute Gasteiger partial charge is 0.0477 e. The molecule has 1 aliphatic heterocycles. The van der Waals surface area contributed by atoms with Gasteiger partial charge in [0.25, 0.3) is 0 Å². The largest absolute Gasteiger partial charge is 0.382 e. The van der Waals surface area contributed by atoms with Crippen molar-refractivity contribution >= 4 is 0 Å². The number of likely N-dealkylation sites (tertiary alicyclic amines) is 1. The monoisotopic (exact) mass is 242 g/mol. The van der Waals surface area contributed by atoms with E-state index >= 15 is 0 Å². The standard InChI is InChI=1S/C14H30N2O/c1-4-17-11-5-7-15-8-10-16-9-6-13(2)12-14(16)3/h13-15H,4-12H2,1-3H3. The Kier molecular flexibility index (Phi) is 7.82. The summed E-state index contributed by atoms with van der Waals surface area (Å²) in [6.45, 7) is 13.2. The lowest BCUT2D eigenvalue weighted by atomic mass is 9.93. The molecule has 1 N–H and O–H groups in total. The molecule has 0 aromatic rings. The van der Waals surface area contributed by atoms with Gasteiger partial charge in [-0.05, 0) is 52.1 Å². The second-order valence-electron chi connectivity index (χ2n) is 5.32. The first kappa shape index (κ1) is 14.9. The van der Waals surface area contributed by atoms with Crippen LogP contribution >= 0.6 is 0 Å². The van der Waals surface area contributed by atoms with Gasteiger partial charge in [-0.25, -0.2) is 0 Å². The summed E-state index contributed by atoms with van der Waals surface area (Å²) in [5.74, 6) is 0.917. The second kappa shape index (κ2) is 8.90. The molecule has 0 bridgehead atoms. The zero-order chi connectivity index (χ0) is 12.5. The van der Waals surface area contributed by atoms with Gasteiger partial charge in [-0.2, -0.15) is 0 Å². The minimum absolute atomic E-state index is 0.768. The maximum Gasteiger partial charge on any atom is 0.0477 e. The molecule has 0 radical (unpaired) electrons. The van der Waals surface area contributed by atoms with Crippen LogP contribution in [0.4, 0.5) is 0 Å². The molecule has 1 aliphatic rings. The Labute approximate surface area is 107 Å². The van der Waals surface area contributed by atoms with Gasteiger partial charge >= 0.3 is 0 Å². The van der Waals surface area contributed by atoms with Gasteiger partial charge < -0.3 is 10.1 Å². The highest BCUT2D eigenvalue weighted by atomic mass is 16.5. The lowest BCUT2D eigenvalue weighted by Gasteiger charge is -2.36. The number of ether oxygens (including phenoxy) is 1. The number of rotatable bonds is 8. The zero-order valence-corrected chi connectivity index (χ0v) is 11.9. The van der Waals surface area contributed by atoms with Crippen molar-refractivity contribution in [2.75, 3.05) is 39.4 Å². The predicted molar refractivity (Wildman–Crippen MR) is 73.4 cm³/mol. The SMILES string of the molecule is CCOCCCNCCN1CCC(C)CC1C. The maximum absolute atomic E-state index is 5.31. The summed E-state index contributed by atoms with van der Waals surface area (Å²) in [7, 11) is 0. The van der Waals surface area contributed by atoms with Gasteiger partial charge in [0.05, 0.1) is 0 Å². The highest BCUT2D eigenvalue weighted by Gasteiger charge is 2.21. The van der Waals surface area contributed by atoms with Crippen LogP contribution in [0.2, 0.25) is 0 Å². The lowest BCUT2D eigenvalue weighted by molar-refractivity contribution is 0.128. The summed E-state index contributed by atoms with van der Waals surface area (Å²) in [5, 5.41) is 3.50. The van der Waals surface area contributed by atoms with Gasteiger partial charge in [0.15, 0.2) is 0 Å². The normalized spacial score (nSPS) is 26.3. The maximum atomic E-state index is 5.31. The molecule has 0 aromatic carbocycles. The van der Waals surface area contributed by atoms with Crippen molar-refractivity contribution in [2.45, 2.75) is 46.1 Å². The molecule has 1 heterocycles. The molecule has 0 saturated carbocycles. The summed E-state index contributed by atoms with van der Waals surface area (Å²) in [5.41, 5.74) is 0. The molecule has 17 heavy (non-hydrogen) atoms. The Morgan fingerprint density at radius 2 is 2.12 bits per heavy atom. The Morgan fingerprint density at radius 3 is 2.82 bits per heavy atom. The second-order valence-corrected chi connectivity index (χ2v) is 5.32. The number of hydrogen-bond acceptors (Lipinski definition) is 3. The van der Waals surface area contributed by atoms with Gasteiger partial charge in [-0.3, -0.25) is 4.90 Å². The quantitative estimate of drug-likeness (QED) is 0.660. The van der Waals surface area contributed by atoms with E-state index in [1.165, 1.54) is 25.9 Å². The van der Waals surface area contributed by atoms with E-state index in [0.29, 0.717) is 0 Å².